The van der Waals surface area contributed by atoms with Crippen molar-refractivity contribution in [3.63, 3.8) is 0 Å². The summed E-state index contributed by atoms with van der Waals surface area (Å²) in [5, 5.41) is 9.13. The summed E-state index contributed by atoms with van der Waals surface area (Å²) in [5.74, 6) is -0.0962. The van der Waals surface area contributed by atoms with Crippen molar-refractivity contribution in [3.8, 4) is 0 Å². The van der Waals surface area contributed by atoms with Gasteiger partial charge in [-0.05, 0) is 36.8 Å². The summed E-state index contributed by atoms with van der Waals surface area (Å²) in [6.07, 6.45) is 2.58. The molecule has 2 rings (SSSR count). The topological polar surface area (TPSA) is 50.2 Å². The Labute approximate surface area is 124 Å². The van der Waals surface area contributed by atoms with Gasteiger partial charge < -0.3 is 5.11 Å². The molecule has 0 atom stereocenters. The standard InChI is InChI=1S/C14H12BrNO2S/c15-10-4-5-12(14(17)18)13(9-10)19-8-6-11-3-1-2-7-16-11/h1-5,7,9H,6,8H2,(H,17,18). The molecule has 0 fully saturated rings. The van der Waals surface area contributed by atoms with E-state index in [9.17, 15) is 4.79 Å². The minimum atomic E-state index is -0.896. The van der Waals surface area contributed by atoms with E-state index >= 15 is 0 Å². The molecule has 3 nitrogen and oxygen atoms in total. The number of carboxylic acid groups (broad SMARTS) is 1. The molecule has 0 amide bonds. The average molecular weight is 338 g/mol. The van der Waals surface area contributed by atoms with Gasteiger partial charge in [-0.3, -0.25) is 4.98 Å². The number of hydrogen-bond acceptors (Lipinski definition) is 3. The maximum atomic E-state index is 11.1. The van der Waals surface area contributed by atoms with Crippen LogP contribution in [0.2, 0.25) is 0 Å². The van der Waals surface area contributed by atoms with Crippen LogP contribution >= 0.6 is 27.7 Å². The maximum absolute atomic E-state index is 11.1. The van der Waals surface area contributed by atoms with E-state index in [1.165, 1.54) is 11.8 Å². The minimum Gasteiger partial charge on any atom is -0.478 e. The van der Waals surface area contributed by atoms with Crippen molar-refractivity contribution in [1.82, 2.24) is 4.98 Å². The molecule has 0 aliphatic carbocycles. The van der Waals surface area contributed by atoms with E-state index in [0.29, 0.717) is 5.56 Å². The van der Waals surface area contributed by atoms with Crippen LogP contribution < -0.4 is 0 Å². The zero-order valence-corrected chi connectivity index (χ0v) is 12.4. The quantitative estimate of drug-likeness (QED) is 0.841. The van der Waals surface area contributed by atoms with E-state index in [1.54, 1.807) is 18.3 Å². The van der Waals surface area contributed by atoms with Crippen LogP contribution in [-0.2, 0) is 6.42 Å². The molecule has 98 valence electrons. The summed E-state index contributed by atoms with van der Waals surface area (Å²) in [4.78, 5) is 16.1. The molecular weight excluding hydrogens is 326 g/mol. The van der Waals surface area contributed by atoms with Crippen molar-refractivity contribution in [2.45, 2.75) is 11.3 Å². The van der Waals surface area contributed by atoms with Gasteiger partial charge in [-0.1, -0.05) is 22.0 Å². The first kappa shape index (κ1) is 14.1. The average Bonchev–Trinajstić information content (AvgIpc) is 2.39. The number of carboxylic acids is 1. The summed E-state index contributed by atoms with van der Waals surface area (Å²) >= 11 is 4.90. The molecule has 0 unspecified atom stereocenters. The van der Waals surface area contributed by atoms with E-state index in [-0.39, 0.29) is 0 Å². The molecule has 1 aromatic heterocycles. The van der Waals surface area contributed by atoms with Crippen molar-refractivity contribution < 1.29 is 9.90 Å². The molecule has 0 radical (unpaired) electrons. The van der Waals surface area contributed by atoms with Crippen LogP contribution in [0.5, 0.6) is 0 Å². The fourth-order valence-electron chi connectivity index (χ4n) is 1.60. The fourth-order valence-corrected chi connectivity index (χ4v) is 3.17. The highest BCUT2D eigenvalue weighted by molar-refractivity contribution is 9.10. The Morgan fingerprint density at radius 1 is 1.32 bits per heavy atom. The number of thioether (sulfide) groups is 1. The molecule has 5 heteroatoms. The Balaban J connectivity index is 2.03. The number of halogens is 1. The number of carbonyl (C=O) groups is 1. The van der Waals surface area contributed by atoms with Crippen molar-refractivity contribution in [3.05, 3.63) is 58.3 Å². The third kappa shape index (κ3) is 4.08. The van der Waals surface area contributed by atoms with Gasteiger partial charge in [0.25, 0.3) is 0 Å². The lowest BCUT2D eigenvalue weighted by molar-refractivity contribution is 0.0693. The highest BCUT2D eigenvalue weighted by Crippen LogP contribution is 2.27. The summed E-state index contributed by atoms with van der Waals surface area (Å²) in [6.45, 7) is 0. The molecule has 0 saturated carbocycles. The van der Waals surface area contributed by atoms with Gasteiger partial charge in [0, 0.05) is 27.0 Å². The van der Waals surface area contributed by atoms with Crippen LogP contribution in [0.15, 0.2) is 52.0 Å². The number of rotatable bonds is 5. The molecule has 0 saturated heterocycles. The molecule has 1 heterocycles. The SMILES string of the molecule is O=C(O)c1ccc(Br)cc1SCCc1ccccn1. The van der Waals surface area contributed by atoms with E-state index in [2.05, 4.69) is 20.9 Å². The van der Waals surface area contributed by atoms with Crippen LogP contribution in [0.3, 0.4) is 0 Å². The van der Waals surface area contributed by atoms with Gasteiger partial charge in [-0.25, -0.2) is 4.79 Å². The van der Waals surface area contributed by atoms with Gasteiger partial charge in [0.15, 0.2) is 0 Å². The van der Waals surface area contributed by atoms with E-state index < -0.39 is 5.97 Å². The third-order valence-corrected chi connectivity index (χ3v) is 4.07. The Hall–Kier alpha value is -1.33. The largest absolute Gasteiger partial charge is 0.478 e. The van der Waals surface area contributed by atoms with E-state index in [0.717, 1.165) is 27.2 Å². The smallest absolute Gasteiger partial charge is 0.336 e. The summed E-state index contributed by atoms with van der Waals surface area (Å²) in [7, 11) is 0. The number of hydrogen-bond donors (Lipinski definition) is 1. The van der Waals surface area contributed by atoms with E-state index in [4.69, 9.17) is 5.11 Å². The normalized spacial score (nSPS) is 10.4. The van der Waals surface area contributed by atoms with Crippen LogP contribution in [0.1, 0.15) is 16.1 Å². The molecule has 0 aliphatic rings. The summed E-state index contributed by atoms with van der Waals surface area (Å²) < 4.78 is 0.887. The van der Waals surface area contributed by atoms with Gasteiger partial charge in [0.05, 0.1) is 5.56 Å². The molecule has 1 N–H and O–H groups in total. The summed E-state index contributed by atoms with van der Waals surface area (Å²) in [6, 6.07) is 11.0. The number of aryl methyl sites for hydroxylation is 1. The van der Waals surface area contributed by atoms with Crippen LogP contribution in [0.4, 0.5) is 0 Å². The zero-order chi connectivity index (χ0) is 13.7. The van der Waals surface area contributed by atoms with Crippen LogP contribution in [-0.4, -0.2) is 21.8 Å². The second-order valence-electron chi connectivity index (χ2n) is 3.87. The summed E-state index contributed by atoms with van der Waals surface area (Å²) in [5.41, 5.74) is 1.36. The monoisotopic (exact) mass is 337 g/mol. The van der Waals surface area contributed by atoms with Gasteiger partial charge in [-0.15, -0.1) is 11.8 Å². The Bertz CT molecular complexity index is 575. The fraction of sp³-hybridized carbons (Fsp3) is 0.143. The molecule has 19 heavy (non-hydrogen) atoms. The third-order valence-electron chi connectivity index (χ3n) is 2.52. The number of benzene rings is 1. The molecule has 0 bridgehead atoms. The Kier molecular flexibility index (Phi) is 4.99. The van der Waals surface area contributed by atoms with Crippen LogP contribution in [0.25, 0.3) is 0 Å². The molecular formula is C14H12BrNO2S. The van der Waals surface area contributed by atoms with Gasteiger partial charge >= 0.3 is 5.97 Å². The first-order chi connectivity index (χ1) is 9.16. The lowest BCUT2D eigenvalue weighted by atomic mass is 10.2. The first-order valence-electron chi connectivity index (χ1n) is 5.72. The Morgan fingerprint density at radius 2 is 2.16 bits per heavy atom. The number of pyridine rings is 1. The van der Waals surface area contributed by atoms with Gasteiger partial charge in [0.2, 0.25) is 0 Å². The van der Waals surface area contributed by atoms with Crippen molar-refractivity contribution in [1.29, 1.82) is 0 Å². The number of aromatic carboxylic acids is 1. The van der Waals surface area contributed by atoms with Gasteiger partial charge in [-0.2, -0.15) is 0 Å². The number of nitrogens with zero attached hydrogens (tertiary/aromatic N) is 1. The number of aromatic nitrogens is 1. The van der Waals surface area contributed by atoms with Crippen molar-refractivity contribution in [2.24, 2.45) is 0 Å². The van der Waals surface area contributed by atoms with Crippen molar-refractivity contribution in [2.75, 3.05) is 5.75 Å². The highest BCUT2D eigenvalue weighted by Gasteiger charge is 2.10. The second-order valence-corrected chi connectivity index (χ2v) is 5.92. The van der Waals surface area contributed by atoms with Gasteiger partial charge in [0.1, 0.15) is 0 Å². The molecule has 0 aliphatic heterocycles. The first-order valence-corrected chi connectivity index (χ1v) is 7.50. The lowest BCUT2D eigenvalue weighted by Gasteiger charge is -2.06. The lowest BCUT2D eigenvalue weighted by Crippen LogP contribution is -1.99. The molecule has 1 aromatic carbocycles. The molecule has 2 aromatic rings. The second kappa shape index (κ2) is 6.73. The minimum absolute atomic E-state index is 0.342. The highest BCUT2D eigenvalue weighted by atomic mass is 79.9. The van der Waals surface area contributed by atoms with E-state index in [1.807, 2.05) is 24.3 Å². The Morgan fingerprint density at radius 3 is 2.84 bits per heavy atom. The maximum Gasteiger partial charge on any atom is 0.336 e. The van der Waals surface area contributed by atoms with Crippen LogP contribution in [0, 0.1) is 0 Å². The molecule has 0 spiro atoms. The van der Waals surface area contributed by atoms with Crippen molar-refractivity contribution >= 4 is 33.7 Å². The predicted octanol–water partition coefficient (Wildman–Crippen LogP) is 3.88. The zero-order valence-electron chi connectivity index (χ0n) is 10.0. The predicted molar refractivity (Wildman–Crippen MR) is 79.8 cm³/mol.